The van der Waals surface area contributed by atoms with Gasteiger partial charge in [0.2, 0.25) is 0 Å². The normalized spacial score (nSPS) is 14.2. The van der Waals surface area contributed by atoms with Gasteiger partial charge >= 0.3 is 39.5 Å². The molecule has 0 heterocycles. The Hall–Kier alpha value is -2.46. The largest absolute Gasteiger partial charge is 0.472 e. The fourth-order valence-corrected chi connectivity index (χ4v) is 12.6. The molecule has 0 aromatic rings. The van der Waals surface area contributed by atoms with Crippen LogP contribution in [-0.4, -0.2) is 96.7 Å². The van der Waals surface area contributed by atoms with Crippen LogP contribution in [0.5, 0.6) is 0 Å². The molecule has 5 atom stereocenters. The Kier molecular flexibility index (Phi) is 64.4. The van der Waals surface area contributed by atoms with Crippen molar-refractivity contribution in [2.45, 2.75) is 381 Å². The Morgan fingerprint density at radius 1 is 0.326 bits per heavy atom. The molecule has 19 heteroatoms. The maximum absolute atomic E-state index is 13.1. The van der Waals surface area contributed by atoms with Crippen LogP contribution < -0.4 is 0 Å². The average Bonchev–Trinajstić information content (AvgIpc) is 3.00. The molecule has 3 unspecified atom stereocenters. The molecule has 0 bridgehead atoms. The number of esters is 4. The Bertz CT molecular complexity index is 1950. The van der Waals surface area contributed by atoms with E-state index in [1.54, 1.807) is 0 Å². The van der Waals surface area contributed by atoms with Crippen LogP contribution in [0.15, 0.2) is 24.3 Å². The number of phosphoric ester groups is 2. The number of aliphatic hydroxyl groups excluding tert-OH is 1. The summed E-state index contributed by atoms with van der Waals surface area (Å²) in [4.78, 5) is 72.8. The zero-order valence-corrected chi connectivity index (χ0v) is 63.4. The van der Waals surface area contributed by atoms with Crippen LogP contribution in [0.3, 0.4) is 0 Å². The molecule has 17 nitrogen and oxygen atoms in total. The monoisotopic (exact) mass is 1390 g/mol. The fourth-order valence-electron chi connectivity index (χ4n) is 11.1. The molecule has 3 N–H and O–H groups in total. The maximum atomic E-state index is 13.1. The van der Waals surface area contributed by atoms with Gasteiger partial charge in [-0.1, -0.05) is 310 Å². The third-order valence-corrected chi connectivity index (χ3v) is 18.9. The summed E-state index contributed by atoms with van der Waals surface area (Å²) in [5.74, 6) is 0.108. The summed E-state index contributed by atoms with van der Waals surface area (Å²) in [6.07, 6.45) is 54.9. The lowest BCUT2D eigenvalue weighted by molar-refractivity contribution is -0.161. The van der Waals surface area contributed by atoms with Gasteiger partial charge in [-0.25, -0.2) is 9.13 Å². The zero-order valence-electron chi connectivity index (χ0n) is 61.6. The molecule has 0 saturated carbocycles. The lowest BCUT2D eigenvalue weighted by Crippen LogP contribution is -2.30. The van der Waals surface area contributed by atoms with Gasteiger partial charge in [0.05, 0.1) is 26.4 Å². The van der Waals surface area contributed by atoms with E-state index in [1.807, 2.05) is 0 Å². The third-order valence-electron chi connectivity index (χ3n) is 17.0. The molecule has 0 saturated heterocycles. The van der Waals surface area contributed by atoms with Crippen molar-refractivity contribution in [3.05, 3.63) is 24.3 Å². The molecule has 0 rings (SSSR count). The van der Waals surface area contributed by atoms with Gasteiger partial charge in [0.25, 0.3) is 0 Å². The first-order chi connectivity index (χ1) is 45.7. The van der Waals surface area contributed by atoms with Crippen molar-refractivity contribution >= 4 is 39.5 Å². The average molecular weight is 1390 g/mol. The van der Waals surface area contributed by atoms with Crippen LogP contribution in [-0.2, 0) is 65.4 Å². The number of unbranched alkanes of at least 4 members (excludes halogenated alkanes) is 37. The molecule has 0 fully saturated rings. The standard InChI is InChI=1S/C76H144O17P2/c1-8-9-10-11-12-13-14-15-16-19-24-30-37-45-52-59-76(81)93-72(64-87-74(79)58-51-44-39-32-35-42-49-56-69(6)7)66-91-95(84,85)89-62-70(77)61-88-94(82,83)90-65-71(63-86-73(78)57-50-43-36-29-26-21-23-28-34-41-48-55-68(4)5)92-75(80)60-53-46-38-31-25-20-17-18-22-27-33-40-47-54-67(2)3/h13-16,67-72,77H,8-12,17-66H2,1-7H3,(H,82,83)(H,84,85)/b14-13-,16-15-/t70?,71-,72-/m1/s1. The van der Waals surface area contributed by atoms with Crippen LogP contribution in [0.25, 0.3) is 0 Å². The number of aliphatic hydroxyl groups is 1. The van der Waals surface area contributed by atoms with E-state index in [-0.39, 0.29) is 25.7 Å². The summed E-state index contributed by atoms with van der Waals surface area (Å²) >= 11 is 0. The van der Waals surface area contributed by atoms with E-state index >= 15 is 0 Å². The van der Waals surface area contributed by atoms with Gasteiger partial charge in [-0.3, -0.25) is 37.3 Å². The first-order valence-electron chi connectivity index (χ1n) is 38.7. The number of carbonyl (C=O) groups is 4. The van der Waals surface area contributed by atoms with Crippen molar-refractivity contribution in [2.75, 3.05) is 39.6 Å². The number of phosphoric acid groups is 2. The third kappa shape index (κ3) is 69.8. The van der Waals surface area contributed by atoms with Crippen molar-refractivity contribution in [3.8, 4) is 0 Å². The summed E-state index contributed by atoms with van der Waals surface area (Å²) in [5.41, 5.74) is 0. The molecule has 0 radical (unpaired) electrons. The molecule has 0 amide bonds. The number of allylic oxidation sites excluding steroid dienone is 4. The zero-order chi connectivity index (χ0) is 70.1. The molecular formula is C76H144O17P2. The van der Waals surface area contributed by atoms with Gasteiger partial charge in [-0.05, 0) is 69.1 Å². The second-order valence-electron chi connectivity index (χ2n) is 28.1. The van der Waals surface area contributed by atoms with Gasteiger partial charge in [0.1, 0.15) is 19.3 Å². The number of ether oxygens (including phenoxy) is 4. The number of rotatable bonds is 72. The molecule has 560 valence electrons. The quantitative estimate of drug-likeness (QED) is 0.0169. The lowest BCUT2D eigenvalue weighted by atomic mass is 10.0. The van der Waals surface area contributed by atoms with Crippen LogP contribution in [0.4, 0.5) is 0 Å². The van der Waals surface area contributed by atoms with Crippen molar-refractivity contribution in [1.82, 2.24) is 0 Å². The molecule has 0 aliphatic rings. The Balaban J connectivity index is 5.29. The van der Waals surface area contributed by atoms with Gasteiger partial charge in [0, 0.05) is 25.7 Å². The van der Waals surface area contributed by atoms with Gasteiger partial charge in [-0.15, -0.1) is 0 Å². The first kappa shape index (κ1) is 92.5. The SMILES string of the molecule is CCCCCC/C=C\C=C/CCCCCCCC(=O)O[C@H](COC(=O)CCCCCCCCCC(C)C)COP(=O)(O)OCC(O)COP(=O)(O)OC[C@@H](COC(=O)CCCCCCCCCCCCCC(C)C)OC(=O)CCCCCCCCCCCCCCCC(C)C. The van der Waals surface area contributed by atoms with Crippen LogP contribution in [0.2, 0.25) is 0 Å². The maximum Gasteiger partial charge on any atom is 0.472 e. The molecule has 0 aliphatic heterocycles. The van der Waals surface area contributed by atoms with Crippen LogP contribution >= 0.6 is 15.6 Å². The van der Waals surface area contributed by atoms with E-state index in [0.717, 1.165) is 121 Å². The lowest BCUT2D eigenvalue weighted by Gasteiger charge is -2.21. The minimum Gasteiger partial charge on any atom is -0.462 e. The molecule has 0 aromatic heterocycles. The summed E-state index contributed by atoms with van der Waals surface area (Å²) in [5, 5.41) is 10.6. The minimum atomic E-state index is -4.96. The van der Waals surface area contributed by atoms with Gasteiger partial charge < -0.3 is 33.8 Å². The van der Waals surface area contributed by atoms with Crippen LogP contribution in [0.1, 0.15) is 363 Å². The van der Waals surface area contributed by atoms with Gasteiger partial charge in [0.15, 0.2) is 12.2 Å². The van der Waals surface area contributed by atoms with Crippen molar-refractivity contribution in [3.63, 3.8) is 0 Å². The predicted octanol–water partition coefficient (Wildman–Crippen LogP) is 21.7. The summed E-state index contributed by atoms with van der Waals surface area (Å²) in [6, 6.07) is 0. The van der Waals surface area contributed by atoms with Crippen LogP contribution in [0, 0.1) is 17.8 Å². The van der Waals surface area contributed by atoms with E-state index in [2.05, 4.69) is 72.8 Å². The van der Waals surface area contributed by atoms with E-state index in [1.165, 1.54) is 154 Å². The molecule has 0 spiro atoms. The highest BCUT2D eigenvalue weighted by Crippen LogP contribution is 2.45. The highest BCUT2D eigenvalue weighted by atomic mass is 31.2. The predicted molar refractivity (Wildman–Crippen MR) is 386 cm³/mol. The fraction of sp³-hybridized carbons (Fsp3) is 0.895. The highest BCUT2D eigenvalue weighted by molar-refractivity contribution is 7.47. The summed E-state index contributed by atoms with van der Waals surface area (Å²) < 4.78 is 68.5. The second-order valence-corrected chi connectivity index (χ2v) is 31.0. The Morgan fingerprint density at radius 3 is 0.853 bits per heavy atom. The highest BCUT2D eigenvalue weighted by Gasteiger charge is 2.30. The van der Waals surface area contributed by atoms with E-state index < -0.39 is 97.5 Å². The molecule has 95 heavy (non-hydrogen) atoms. The van der Waals surface area contributed by atoms with Gasteiger partial charge in [-0.2, -0.15) is 0 Å². The summed E-state index contributed by atoms with van der Waals surface area (Å²) in [6.45, 7) is 11.8. The van der Waals surface area contributed by atoms with E-state index in [0.29, 0.717) is 31.6 Å². The first-order valence-corrected chi connectivity index (χ1v) is 41.7. The number of hydrogen-bond donors (Lipinski definition) is 3. The number of hydrogen-bond acceptors (Lipinski definition) is 15. The number of carbonyl (C=O) groups excluding carboxylic acids is 4. The smallest absolute Gasteiger partial charge is 0.462 e. The molecule has 0 aliphatic carbocycles. The molecule has 0 aromatic carbocycles. The summed E-state index contributed by atoms with van der Waals surface area (Å²) in [7, 11) is -9.93. The van der Waals surface area contributed by atoms with Crippen molar-refractivity contribution in [1.29, 1.82) is 0 Å². The second kappa shape index (κ2) is 66.1. The van der Waals surface area contributed by atoms with E-state index in [9.17, 15) is 43.2 Å². The Morgan fingerprint density at radius 2 is 0.568 bits per heavy atom. The topological polar surface area (TPSA) is 237 Å². The van der Waals surface area contributed by atoms with E-state index in [4.69, 9.17) is 37.0 Å². The molecular weight excluding hydrogens is 1250 g/mol. The van der Waals surface area contributed by atoms with Crippen molar-refractivity contribution < 1.29 is 80.2 Å². The minimum absolute atomic E-state index is 0.0840. The Labute approximate surface area is 580 Å². The van der Waals surface area contributed by atoms with Crippen molar-refractivity contribution in [2.24, 2.45) is 17.8 Å².